The zero-order chi connectivity index (χ0) is 18.9. The molecular formula is C19H27N5O2. The molecule has 1 aliphatic heterocycles. The Bertz CT molecular complexity index is 894. The first kappa shape index (κ1) is 18.5. The second-order valence-electron chi connectivity index (χ2n) is 8.08. The van der Waals surface area contributed by atoms with E-state index in [1.54, 1.807) is 28.6 Å². The number of hydrogen-bond acceptors (Lipinski definition) is 5. The fourth-order valence-corrected chi connectivity index (χ4v) is 3.33. The molecule has 3 rings (SSSR count). The highest BCUT2D eigenvalue weighted by Gasteiger charge is 2.26. The zero-order valence-electron chi connectivity index (χ0n) is 16.0. The van der Waals surface area contributed by atoms with E-state index < -0.39 is 0 Å². The summed E-state index contributed by atoms with van der Waals surface area (Å²) in [5, 5.41) is 4.59. The maximum absolute atomic E-state index is 12.3. The van der Waals surface area contributed by atoms with Crippen molar-refractivity contribution < 1.29 is 0 Å². The molecular weight excluding hydrogens is 330 g/mol. The molecule has 1 unspecified atom stereocenters. The highest BCUT2D eigenvalue weighted by molar-refractivity contribution is 5.10. The number of aryl methyl sites for hydroxylation is 1. The van der Waals surface area contributed by atoms with Crippen LogP contribution in [-0.4, -0.2) is 36.8 Å². The van der Waals surface area contributed by atoms with Crippen molar-refractivity contribution in [2.75, 3.05) is 6.54 Å². The van der Waals surface area contributed by atoms with E-state index in [0.29, 0.717) is 13.1 Å². The van der Waals surface area contributed by atoms with Gasteiger partial charge in [0.1, 0.15) is 0 Å². The lowest BCUT2D eigenvalue weighted by Gasteiger charge is -2.25. The Hall–Kier alpha value is -2.28. The van der Waals surface area contributed by atoms with Gasteiger partial charge < -0.3 is 4.57 Å². The predicted octanol–water partition coefficient (Wildman–Crippen LogP) is 1.30. The minimum atomic E-state index is -0.110. The number of hydrogen-bond donors (Lipinski definition) is 0. The second-order valence-corrected chi connectivity index (χ2v) is 8.08. The third kappa shape index (κ3) is 4.09. The van der Waals surface area contributed by atoms with Gasteiger partial charge in [-0.15, -0.1) is 0 Å². The van der Waals surface area contributed by atoms with Crippen molar-refractivity contribution in [1.82, 2.24) is 24.2 Å². The molecule has 1 saturated heterocycles. The topological polar surface area (TPSA) is 73.0 Å². The van der Waals surface area contributed by atoms with Crippen LogP contribution in [0.5, 0.6) is 0 Å². The molecule has 1 aliphatic rings. The van der Waals surface area contributed by atoms with Crippen LogP contribution in [0.25, 0.3) is 0 Å². The van der Waals surface area contributed by atoms with E-state index in [-0.39, 0.29) is 22.6 Å². The summed E-state index contributed by atoms with van der Waals surface area (Å²) in [6.07, 6.45) is 5.26. The molecule has 140 valence electrons. The number of rotatable bonds is 4. The first-order valence-corrected chi connectivity index (χ1v) is 9.08. The summed E-state index contributed by atoms with van der Waals surface area (Å²) in [7, 11) is 1.73. The van der Waals surface area contributed by atoms with Crippen molar-refractivity contribution in [2.45, 2.75) is 58.2 Å². The van der Waals surface area contributed by atoms with E-state index in [1.807, 2.05) is 6.07 Å². The first-order valence-electron chi connectivity index (χ1n) is 9.08. The third-order valence-electron chi connectivity index (χ3n) is 4.91. The molecule has 0 bridgehead atoms. The summed E-state index contributed by atoms with van der Waals surface area (Å²) >= 11 is 0. The Morgan fingerprint density at radius 2 is 1.96 bits per heavy atom. The lowest BCUT2D eigenvalue weighted by Crippen LogP contribution is -2.38. The monoisotopic (exact) mass is 357 g/mol. The maximum atomic E-state index is 12.3. The first-order chi connectivity index (χ1) is 12.2. The van der Waals surface area contributed by atoms with Gasteiger partial charge in [-0.3, -0.25) is 19.5 Å². The molecule has 0 spiro atoms. The van der Waals surface area contributed by atoms with Crippen LogP contribution < -0.4 is 11.1 Å². The normalized spacial score (nSPS) is 18.4. The smallest absolute Gasteiger partial charge is 0.268 e. The minimum absolute atomic E-state index is 0.0647. The van der Waals surface area contributed by atoms with Gasteiger partial charge in [-0.25, -0.2) is 4.68 Å². The quantitative estimate of drug-likeness (QED) is 0.825. The largest absolute Gasteiger partial charge is 0.315 e. The highest BCUT2D eigenvalue weighted by Crippen LogP contribution is 2.21. The SMILES string of the molecule is Cn1cc(CN2CCCC2Cn2nc(C(C)(C)C)ccc2=O)ncc1=O. The summed E-state index contributed by atoms with van der Waals surface area (Å²) in [6.45, 7) is 8.50. The average molecular weight is 357 g/mol. The Labute approximate surface area is 153 Å². The van der Waals surface area contributed by atoms with Crippen molar-refractivity contribution in [3.8, 4) is 0 Å². The highest BCUT2D eigenvalue weighted by atomic mass is 16.1. The van der Waals surface area contributed by atoms with Gasteiger partial charge in [0.05, 0.1) is 24.1 Å². The molecule has 7 nitrogen and oxygen atoms in total. The van der Waals surface area contributed by atoms with Gasteiger partial charge in [0, 0.05) is 37.3 Å². The molecule has 0 radical (unpaired) electrons. The molecule has 0 N–H and O–H groups in total. The van der Waals surface area contributed by atoms with E-state index in [2.05, 4.69) is 35.8 Å². The lowest BCUT2D eigenvalue weighted by molar-refractivity contribution is 0.213. The van der Waals surface area contributed by atoms with E-state index in [0.717, 1.165) is 30.8 Å². The van der Waals surface area contributed by atoms with Crippen LogP contribution in [0.3, 0.4) is 0 Å². The molecule has 0 amide bonds. The van der Waals surface area contributed by atoms with Gasteiger partial charge in [-0.1, -0.05) is 20.8 Å². The van der Waals surface area contributed by atoms with E-state index in [4.69, 9.17) is 0 Å². The molecule has 0 aliphatic carbocycles. The van der Waals surface area contributed by atoms with Crippen molar-refractivity contribution in [3.05, 3.63) is 56.6 Å². The minimum Gasteiger partial charge on any atom is -0.315 e. The fourth-order valence-electron chi connectivity index (χ4n) is 3.33. The van der Waals surface area contributed by atoms with E-state index in [9.17, 15) is 9.59 Å². The van der Waals surface area contributed by atoms with Gasteiger partial charge >= 0.3 is 0 Å². The molecule has 3 heterocycles. The summed E-state index contributed by atoms with van der Waals surface area (Å²) in [5.74, 6) is 0. The lowest BCUT2D eigenvalue weighted by atomic mass is 9.92. The third-order valence-corrected chi connectivity index (χ3v) is 4.91. The molecule has 0 saturated carbocycles. The van der Waals surface area contributed by atoms with Crippen LogP contribution in [0.2, 0.25) is 0 Å². The summed E-state index contributed by atoms with van der Waals surface area (Å²) in [6, 6.07) is 3.68. The van der Waals surface area contributed by atoms with Gasteiger partial charge in [0.15, 0.2) is 0 Å². The Morgan fingerprint density at radius 3 is 2.65 bits per heavy atom. The van der Waals surface area contributed by atoms with Gasteiger partial charge in [-0.05, 0) is 25.5 Å². The molecule has 26 heavy (non-hydrogen) atoms. The van der Waals surface area contributed by atoms with E-state index >= 15 is 0 Å². The molecule has 2 aromatic heterocycles. The number of aromatic nitrogens is 4. The van der Waals surface area contributed by atoms with Crippen LogP contribution in [0, 0.1) is 0 Å². The van der Waals surface area contributed by atoms with Gasteiger partial charge in [0.2, 0.25) is 0 Å². The second kappa shape index (κ2) is 7.15. The average Bonchev–Trinajstić information content (AvgIpc) is 2.99. The Morgan fingerprint density at radius 1 is 1.19 bits per heavy atom. The van der Waals surface area contributed by atoms with Crippen molar-refractivity contribution in [2.24, 2.45) is 7.05 Å². The fraction of sp³-hybridized carbons (Fsp3) is 0.579. The standard InChI is InChI=1S/C19H27N5O2/c1-19(2,3)16-7-8-17(25)24(21-16)13-15-6-5-9-23(15)12-14-11-22(4)18(26)10-20-14/h7-8,10-11,15H,5-6,9,12-13H2,1-4H3. The zero-order valence-corrected chi connectivity index (χ0v) is 16.0. The predicted molar refractivity (Wildman–Crippen MR) is 100 cm³/mol. The Balaban J connectivity index is 1.78. The van der Waals surface area contributed by atoms with Crippen LogP contribution in [-0.2, 0) is 25.6 Å². The summed E-state index contributed by atoms with van der Waals surface area (Å²) in [4.78, 5) is 30.3. The number of likely N-dealkylation sites (tertiary alicyclic amines) is 1. The molecule has 1 atom stereocenters. The molecule has 0 aromatic carbocycles. The van der Waals surface area contributed by atoms with Crippen molar-refractivity contribution in [3.63, 3.8) is 0 Å². The van der Waals surface area contributed by atoms with Crippen LogP contribution in [0.1, 0.15) is 45.0 Å². The Kier molecular flexibility index (Phi) is 5.09. The summed E-state index contributed by atoms with van der Waals surface area (Å²) < 4.78 is 3.14. The van der Waals surface area contributed by atoms with Crippen LogP contribution in [0.15, 0.2) is 34.1 Å². The van der Waals surface area contributed by atoms with E-state index in [1.165, 1.54) is 6.20 Å². The van der Waals surface area contributed by atoms with Gasteiger partial charge in [-0.2, -0.15) is 5.10 Å². The molecule has 7 heteroatoms. The molecule has 2 aromatic rings. The van der Waals surface area contributed by atoms with Crippen molar-refractivity contribution in [1.29, 1.82) is 0 Å². The molecule has 1 fully saturated rings. The maximum Gasteiger partial charge on any atom is 0.268 e. The van der Waals surface area contributed by atoms with Crippen LogP contribution >= 0.6 is 0 Å². The van der Waals surface area contributed by atoms with Gasteiger partial charge in [0.25, 0.3) is 11.1 Å². The van der Waals surface area contributed by atoms with Crippen molar-refractivity contribution >= 4 is 0 Å². The summed E-state index contributed by atoms with van der Waals surface area (Å²) in [5.41, 5.74) is 1.51. The van der Waals surface area contributed by atoms with Crippen LogP contribution in [0.4, 0.5) is 0 Å². The number of nitrogens with zero attached hydrogens (tertiary/aromatic N) is 5.